The van der Waals surface area contributed by atoms with Crippen LogP contribution < -0.4 is 10.4 Å². The Hall–Kier alpha value is -1.85. The van der Waals surface area contributed by atoms with Crippen LogP contribution in [0, 0.1) is 0 Å². The molecule has 0 saturated heterocycles. The number of nitrogens with one attached hydrogen (secondary N) is 2. The van der Waals surface area contributed by atoms with Crippen LogP contribution in [-0.4, -0.2) is 17.9 Å². The summed E-state index contributed by atoms with van der Waals surface area (Å²) in [7, 11) is 0. The number of carbonyl (C=O) groups excluding carboxylic acids is 1. The summed E-state index contributed by atoms with van der Waals surface area (Å²) in [6, 6.07) is 13.0. The van der Waals surface area contributed by atoms with Gasteiger partial charge < -0.3 is 0 Å². The Labute approximate surface area is 126 Å². The first-order valence-electron chi connectivity index (χ1n) is 5.91. The van der Waals surface area contributed by atoms with Gasteiger partial charge in [0, 0.05) is 22.7 Å². The number of benzene rings is 1. The maximum absolute atomic E-state index is 11.6. The summed E-state index contributed by atoms with van der Waals surface area (Å²) >= 11 is 7.38. The highest BCUT2D eigenvalue weighted by Gasteiger charge is 2.05. The van der Waals surface area contributed by atoms with Crippen molar-refractivity contribution in [2.75, 3.05) is 5.75 Å². The van der Waals surface area contributed by atoms with E-state index in [2.05, 4.69) is 15.5 Å². The summed E-state index contributed by atoms with van der Waals surface area (Å²) in [5, 5.41) is 5.41. The Morgan fingerprint density at radius 2 is 2.10 bits per heavy atom. The first-order valence-corrected chi connectivity index (χ1v) is 7.28. The average Bonchev–Trinajstić information content (AvgIpc) is 2.48. The molecule has 0 spiro atoms. The van der Waals surface area contributed by atoms with Gasteiger partial charge in [0.1, 0.15) is 0 Å². The predicted molar refractivity (Wildman–Crippen MR) is 80.9 cm³/mol. The van der Waals surface area contributed by atoms with Gasteiger partial charge >= 0.3 is 0 Å². The Kier molecular flexibility index (Phi) is 5.58. The third-order valence-electron chi connectivity index (χ3n) is 2.34. The van der Waals surface area contributed by atoms with Gasteiger partial charge in [-0.15, -0.1) is 0 Å². The van der Waals surface area contributed by atoms with Crippen molar-refractivity contribution in [3.05, 3.63) is 59.2 Å². The molecule has 2 N–H and O–H groups in total. The van der Waals surface area contributed by atoms with Gasteiger partial charge in [0.25, 0.3) is 5.91 Å². The summed E-state index contributed by atoms with van der Waals surface area (Å²) < 4.78 is 0. The fourth-order valence-electron chi connectivity index (χ4n) is 1.40. The lowest BCUT2D eigenvalue weighted by molar-refractivity contribution is -0.426. The first kappa shape index (κ1) is 14.6. The molecule has 4 nitrogen and oxygen atoms in total. The number of thioether (sulfide) groups is 1. The van der Waals surface area contributed by atoms with Crippen molar-refractivity contribution in [2.45, 2.75) is 5.03 Å². The van der Waals surface area contributed by atoms with Crippen molar-refractivity contribution in [2.24, 2.45) is 5.10 Å². The molecule has 102 valence electrons. The monoisotopic (exact) mass is 306 g/mol. The van der Waals surface area contributed by atoms with Crippen LogP contribution in [0.25, 0.3) is 0 Å². The minimum absolute atomic E-state index is 0.171. The second-order valence-electron chi connectivity index (χ2n) is 3.83. The number of hydrazone groups is 1. The normalized spacial score (nSPS) is 10.7. The van der Waals surface area contributed by atoms with Gasteiger partial charge in [-0.25, -0.2) is 10.4 Å². The van der Waals surface area contributed by atoms with Crippen LogP contribution in [0.4, 0.5) is 0 Å². The maximum Gasteiger partial charge on any atom is 0.250 e. The lowest BCUT2D eigenvalue weighted by Crippen LogP contribution is -2.20. The largest absolute Gasteiger partial charge is 0.272 e. The van der Waals surface area contributed by atoms with Crippen LogP contribution in [0.15, 0.2) is 58.8 Å². The van der Waals surface area contributed by atoms with E-state index in [4.69, 9.17) is 11.6 Å². The molecule has 20 heavy (non-hydrogen) atoms. The number of pyridine rings is 1. The summed E-state index contributed by atoms with van der Waals surface area (Å²) in [6.07, 6.45) is 3.34. The Morgan fingerprint density at radius 1 is 1.30 bits per heavy atom. The fourth-order valence-corrected chi connectivity index (χ4v) is 2.26. The molecule has 6 heteroatoms. The molecule has 0 bridgehead atoms. The van der Waals surface area contributed by atoms with Gasteiger partial charge in [-0.3, -0.25) is 4.79 Å². The highest BCUT2D eigenvalue weighted by atomic mass is 35.5. The summed E-state index contributed by atoms with van der Waals surface area (Å²) in [4.78, 5) is 14.6. The molecule has 0 saturated carbocycles. The maximum atomic E-state index is 11.6. The lowest BCUT2D eigenvalue weighted by atomic mass is 10.2. The van der Waals surface area contributed by atoms with Crippen LogP contribution in [0.1, 0.15) is 5.56 Å². The number of aromatic amines is 1. The first-order chi connectivity index (χ1) is 9.75. The van der Waals surface area contributed by atoms with Gasteiger partial charge in [-0.2, -0.15) is 5.10 Å². The zero-order chi connectivity index (χ0) is 14.2. The van der Waals surface area contributed by atoms with Gasteiger partial charge in [0.2, 0.25) is 5.03 Å². The number of carbonyl (C=O) groups is 1. The Morgan fingerprint density at radius 3 is 2.85 bits per heavy atom. The van der Waals surface area contributed by atoms with Crippen LogP contribution in [0.2, 0.25) is 5.02 Å². The number of hydrogen-bond donors (Lipinski definition) is 1. The number of halogens is 1. The fraction of sp³-hybridized carbons (Fsp3) is 0.0714. The number of H-pyrrole nitrogens is 1. The zero-order valence-corrected chi connectivity index (χ0v) is 12.1. The van der Waals surface area contributed by atoms with Gasteiger partial charge in [-0.05, 0) is 23.9 Å². The molecule has 1 amide bonds. The molecule has 0 aliphatic carbocycles. The third kappa shape index (κ3) is 4.68. The summed E-state index contributed by atoms with van der Waals surface area (Å²) in [5.41, 5.74) is 3.23. The smallest absolute Gasteiger partial charge is 0.250 e. The SMILES string of the molecule is O=C(CSc1cccc[nH+]1)NN=Cc1ccccc1Cl. The number of nitrogens with zero attached hydrogens (tertiary/aromatic N) is 1. The molecular weight excluding hydrogens is 294 g/mol. The van der Waals surface area contributed by atoms with Crippen LogP contribution in [-0.2, 0) is 4.79 Å². The van der Waals surface area contributed by atoms with Crippen LogP contribution in [0.5, 0.6) is 0 Å². The van der Waals surface area contributed by atoms with E-state index in [-0.39, 0.29) is 5.91 Å². The summed E-state index contributed by atoms with van der Waals surface area (Å²) in [5.74, 6) is 0.121. The van der Waals surface area contributed by atoms with Crippen molar-refractivity contribution in [1.82, 2.24) is 5.43 Å². The van der Waals surface area contributed by atoms with E-state index in [0.29, 0.717) is 10.8 Å². The van der Waals surface area contributed by atoms with E-state index in [1.165, 1.54) is 18.0 Å². The molecule has 0 radical (unpaired) electrons. The lowest BCUT2D eigenvalue weighted by Gasteiger charge is -1.98. The van der Waals surface area contributed by atoms with Gasteiger partial charge in [0.15, 0.2) is 6.20 Å². The molecule has 0 atom stereocenters. The van der Waals surface area contributed by atoms with Gasteiger partial charge in [0.05, 0.1) is 12.0 Å². The number of hydrogen-bond acceptors (Lipinski definition) is 3. The van der Waals surface area contributed by atoms with Crippen LogP contribution in [0.3, 0.4) is 0 Å². The van der Waals surface area contributed by atoms with E-state index in [9.17, 15) is 4.79 Å². The third-order valence-corrected chi connectivity index (χ3v) is 3.65. The molecule has 0 unspecified atom stereocenters. The van der Waals surface area contributed by atoms with E-state index >= 15 is 0 Å². The number of aromatic nitrogens is 1. The molecule has 0 aliphatic heterocycles. The van der Waals surface area contributed by atoms with Crippen molar-refractivity contribution >= 4 is 35.5 Å². The molecule has 1 heterocycles. The minimum atomic E-state index is -0.171. The second-order valence-corrected chi connectivity index (χ2v) is 5.25. The van der Waals surface area contributed by atoms with Crippen molar-refractivity contribution in [3.8, 4) is 0 Å². The molecule has 0 aliphatic rings. The topological polar surface area (TPSA) is 55.6 Å². The zero-order valence-electron chi connectivity index (χ0n) is 10.5. The average molecular weight is 307 g/mol. The highest BCUT2D eigenvalue weighted by Crippen LogP contribution is 2.12. The highest BCUT2D eigenvalue weighted by molar-refractivity contribution is 7.99. The number of amides is 1. The molecule has 1 aromatic carbocycles. The van der Waals surface area contributed by atoms with Crippen molar-refractivity contribution in [1.29, 1.82) is 0 Å². The molecule has 2 aromatic rings. The molecule has 1 aromatic heterocycles. The minimum Gasteiger partial charge on any atom is -0.272 e. The molecule has 0 fully saturated rings. The summed E-state index contributed by atoms with van der Waals surface area (Å²) in [6.45, 7) is 0. The van der Waals surface area contributed by atoms with E-state index in [0.717, 1.165) is 10.6 Å². The van der Waals surface area contributed by atoms with E-state index < -0.39 is 0 Å². The van der Waals surface area contributed by atoms with Crippen LogP contribution >= 0.6 is 23.4 Å². The quantitative estimate of drug-likeness (QED) is 0.524. The second kappa shape index (κ2) is 7.67. The molecular formula is C14H13ClN3OS+. The van der Waals surface area contributed by atoms with Crippen molar-refractivity contribution in [3.63, 3.8) is 0 Å². The van der Waals surface area contributed by atoms with Crippen molar-refractivity contribution < 1.29 is 9.78 Å². The van der Waals surface area contributed by atoms with E-state index in [1.54, 1.807) is 6.07 Å². The Bertz CT molecular complexity index is 604. The predicted octanol–water partition coefficient (Wildman–Crippen LogP) is 2.40. The standard InChI is InChI=1S/C14H12ClN3OS/c15-12-6-2-1-5-11(12)9-17-18-13(19)10-20-14-7-3-4-8-16-14/h1-9H,10H2,(H,18,19)/p+1. The Balaban J connectivity index is 1.79. The number of rotatable bonds is 5. The van der Waals surface area contributed by atoms with Gasteiger partial charge in [-0.1, -0.05) is 29.8 Å². The molecule has 2 rings (SSSR count). The van der Waals surface area contributed by atoms with E-state index in [1.807, 2.05) is 42.6 Å².